The number of nitrogens with two attached hydrogens (primary N) is 1. The van der Waals surface area contributed by atoms with E-state index in [-0.39, 0.29) is 0 Å². The summed E-state index contributed by atoms with van der Waals surface area (Å²) in [5, 5.41) is 0. The van der Waals surface area contributed by atoms with Crippen molar-refractivity contribution >= 4 is 22.6 Å². The summed E-state index contributed by atoms with van der Waals surface area (Å²) in [6, 6.07) is 4.14. The standard InChI is InChI=1S/C9H12INO/c1-6-3-7(5-11)9(12-2)8(10)4-6/h3-4H,5,11H2,1-2H3. The number of hydrogen-bond donors (Lipinski definition) is 1. The number of hydrogen-bond acceptors (Lipinski definition) is 2. The van der Waals surface area contributed by atoms with Gasteiger partial charge in [0.1, 0.15) is 5.75 Å². The Bertz CT molecular complexity index is 286. The van der Waals surface area contributed by atoms with E-state index < -0.39 is 0 Å². The largest absolute Gasteiger partial charge is 0.495 e. The molecular formula is C9H12INO. The number of ether oxygens (including phenoxy) is 1. The van der Waals surface area contributed by atoms with Crippen LogP contribution in [0.15, 0.2) is 12.1 Å². The van der Waals surface area contributed by atoms with E-state index in [1.165, 1.54) is 5.56 Å². The third-order valence-electron chi connectivity index (χ3n) is 1.69. The van der Waals surface area contributed by atoms with Crippen LogP contribution in [0.4, 0.5) is 0 Å². The highest BCUT2D eigenvalue weighted by Gasteiger charge is 2.05. The molecule has 2 N–H and O–H groups in total. The molecular weight excluding hydrogens is 265 g/mol. The van der Waals surface area contributed by atoms with Gasteiger partial charge in [-0.1, -0.05) is 6.07 Å². The molecule has 1 aromatic carbocycles. The van der Waals surface area contributed by atoms with Crippen molar-refractivity contribution in [2.24, 2.45) is 5.73 Å². The first-order valence-corrected chi connectivity index (χ1v) is 4.80. The van der Waals surface area contributed by atoms with Gasteiger partial charge in [0.25, 0.3) is 0 Å². The monoisotopic (exact) mass is 277 g/mol. The minimum Gasteiger partial charge on any atom is -0.495 e. The number of benzene rings is 1. The van der Waals surface area contributed by atoms with E-state index in [0.717, 1.165) is 14.9 Å². The van der Waals surface area contributed by atoms with Gasteiger partial charge in [-0.05, 0) is 41.1 Å². The summed E-state index contributed by atoms with van der Waals surface area (Å²) in [5.41, 5.74) is 7.87. The van der Waals surface area contributed by atoms with Crippen molar-refractivity contribution in [2.45, 2.75) is 13.5 Å². The van der Waals surface area contributed by atoms with Gasteiger partial charge < -0.3 is 10.5 Å². The molecule has 0 saturated carbocycles. The molecule has 0 amide bonds. The van der Waals surface area contributed by atoms with Crippen molar-refractivity contribution in [1.82, 2.24) is 0 Å². The Morgan fingerprint density at radius 2 is 2.17 bits per heavy atom. The topological polar surface area (TPSA) is 35.2 Å². The Morgan fingerprint density at radius 3 is 2.67 bits per heavy atom. The lowest BCUT2D eigenvalue weighted by Gasteiger charge is -2.09. The van der Waals surface area contributed by atoms with Gasteiger partial charge in [0.05, 0.1) is 10.7 Å². The van der Waals surface area contributed by atoms with E-state index in [4.69, 9.17) is 10.5 Å². The van der Waals surface area contributed by atoms with E-state index >= 15 is 0 Å². The van der Waals surface area contributed by atoms with Crippen LogP contribution in [0, 0.1) is 10.5 Å². The van der Waals surface area contributed by atoms with Crippen LogP contribution in [0.2, 0.25) is 0 Å². The van der Waals surface area contributed by atoms with Crippen molar-refractivity contribution < 1.29 is 4.74 Å². The predicted octanol–water partition coefficient (Wildman–Crippen LogP) is 2.07. The molecule has 2 nitrogen and oxygen atoms in total. The molecule has 0 spiro atoms. The number of aryl methyl sites for hydroxylation is 1. The second kappa shape index (κ2) is 4.09. The van der Waals surface area contributed by atoms with Crippen LogP contribution in [0.1, 0.15) is 11.1 Å². The highest BCUT2D eigenvalue weighted by atomic mass is 127. The van der Waals surface area contributed by atoms with Gasteiger partial charge in [-0.15, -0.1) is 0 Å². The van der Waals surface area contributed by atoms with Crippen molar-refractivity contribution in [3.8, 4) is 5.75 Å². The molecule has 1 rings (SSSR count). The molecule has 0 atom stereocenters. The van der Waals surface area contributed by atoms with Crippen LogP contribution in [-0.2, 0) is 6.54 Å². The van der Waals surface area contributed by atoms with Crippen LogP contribution in [-0.4, -0.2) is 7.11 Å². The molecule has 0 bridgehead atoms. The fraction of sp³-hybridized carbons (Fsp3) is 0.333. The van der Waals surface area contributed by atoms with Crippen molar-refractivity contribution in [1.29, 1.82) is 0 Å². The van der Waals surface area contributed by atoms with Gasteiger partial charge in [-0.2, -0.15) is 0 Å². The lowest BCUT2D eigenvalue weighted by Crippen LogP contribution is -2.01. The number of halogens is 1. The molecule has 3 heteroatoms. The van der Waals surface area contributed by atoms with Crippen molar-refractivity contribution in [3.05, 3.63) is 26.8 Å². The molecule has 0 fully saturated rings. The smallest absolute Gasteiger partial charge is 0.136 e. The van der Waals surface area contributed by atoms with Crippen molar-refractivity contribution in [3.63, 3.8) is 0 Å². The van der Waals surface area contributed by atoms with Gasteiger partial charge in [-0.25, -0.2) is 0 Å². The Morgan fingerprint density at radius 1 is 1.50 bits per heavy atom. The molecule has 1 aromatic rings. The third-order valence-corrected chi connectivity index (χ3v) is 2.49. The lowest BCUT2D eigenvalue weighted by atomic mass is 10.1. The molecule has 0 aliphatic heterocycles. The van der Waals surface area contributed by atoms with Crippen LogP contribution in [0.25, 0.3) is 0 Å². The molecule has 12 heavy (non-hydrogen) atoms. The highest BCUT2D eigenvalue weighted by Crippen LogP contribution is 2.26. The second-order valence-corrected chi connectivity index (χ2v) is 3.81. The van der Waals surface area contributed by atoms with Gasteiger partial charge in [0.15, 0.2) is 0 Å². The van der Waals surface area contributed by atoms with E-state index in [9.17, 15) is 0 Å². The molecule has 66 valence electrons. The fourth-order valence-corrected chi connectivity index (χ4v) is 2.24. The summed E-state index contributed by atoms with van der Waals surface area (Å²) in [6.07, 6.45) is 0. The van der Waals surface area contributed by atoms with Crippen LogP contribution < -0.4 is 10.5 Å². The summed E-state index contributed by atoms with van der Waals surface area (Å²) in [5.74, 6) is 0.906. The average molecular weight is 277 g/mol. The fourth-order valence-electron chi connectivity index (χ4n) is 1.18. The summed E-state index contributed by atoms with van der Waals surface area (Å²) in [7, 11) is 1.67. The zero-order valence-electron chi connectivity index (χ0n) is 7.23. The first-order valence-electron chi connectivity index (χ1n) is 3.72. The molecule has 0 radical (unpaired) electrons. The minimum atomic E-state index is 0.529. The summed E-state index contributed by atoms with van der Waals surface area (Å²) >= 11 is 2.25. The normalized spacial score (nSPS) is 10.0. The van der Waals surface area contributed by atoms with E-state index in [2.05, 4.69) is 41.6 Å². The second-order valence-electron chi connectivity index (χ2n) is 2.64. The summed E-state index contributed by atoms with van der Waals surface area (Å²) in [6.45, 7) is 2.58. The van der Waals surface area contributed by atoms with Crippen LogP contribution in [0.5, 0.6) is 5.75 Å². The maximum atomic E-state index is 5.58. The van der Waals surface area contributed by atoms with E-state index in [0.29, 0.717) is 6.54 Å². The van der Waals surface area contributed by atoms with Gasteiger partial charge >= 0.3 is 0 Å². The SMILES string of the molecule is COc1c(I)cc(C)cc1CN. The summed E-state index contributed by atoms with van der Waals surface area (Å²) < 4.78 is 6.36. The summed E-state index contributed by atoms with van der Waals surface area (Å²) in [4.78, 5) is 0. The molecule has 0 saturated heterocycles. The van der Waals surface area contributed by atoms with Gasteiger partial charge in [-0.3, -0.25) is 0 Å². The molecule has 0 aromatic heterocycles. The zero-order chi connectivity index (χ0) is 9.14. The minimum absolute atomic E-state index is 0.529. The van der Waals surface area contributed by atoms with Crippen LogP contribution in [0.3, 0.4) is 0 Å². The maximum absolute atomic E-state index is 5.58. The third kappa shape index (κ3) is 1.90. The van der Waals surface area contributed by atoms with E-state index in [1.807, 2.05) is 0 Å². The van der Waals surface area contributed by atoms with Gasteiger partial charge in [0, 0.05) is 12.1 Å². The van der Waals surface area contributed by atoms with Crippen LogP contribution >= 0.6 is 22.6 Å². The number of rotatable bonds is 2. The molecule has 0 aliphatic rings. The first-order chi connectivity index (χ1) is 5.69. The Balaban J connectivity index is 3.24. The Labute approximate surface area is 86.2 Å². The van der Waals surface area contributed by atoms with Gasteiger partial charge in [0.2, 0.25) is 0 Å². The number of methoxy groups -OCH3 is 1. The quantitative estimate of drug-likeness (QED) is 0.840. The molecule has 0 unspecified atom stereocenters. The Kier molecular flexibility index (Phi) is 3.34. The molecule has 0 aliphatic carbocycles. The zero-order valence-corrected chi connectivity index (χ0v) is 9.38. The highest BCUT2D eigenvalue weighted by molar-refractivity contribution is 14.1. The first kappa shape index (κ1) is 9.80. The Hall–Kier alpha value is -0.290. The maximum Gasteiger partial charge on any atom is 0.136 e. The van der Waals surface area contributed by atoms with E-state index in [1.54, 1.807) is 7.11 Å². The average Bonchev–Trinajstić information content (AvgIpc) is 2.03. The lowest BCUT2D eigenvalue weighted by molar-refractivity contribution is 0.406. The van der Waals surface area contributed by atoms with Crippen molar-refractivity contribution in [2.75, 3.05) is 7.11 Å². The molecule has 0 heterocycles. The predicted molar refractivity (Wildman–Crippen MR) is 58.3 cm³/mol.